The molecule has 3 nitrogen and oxygen atoms in total. The smallest absolute Gasteiger partial charge is 0.416 e. The summed E-state index contributed by atoms with van der Waals surface area (Å²) < 4.78 is 37.6. The second kappa shape index (κ2) is 6.77. The highest BCUT2D eigenvalue weighted by Crippen LogP contribution is 2.33. The first-order chi connectivity index (χ1) is 7.64. The number of aromatic hydroxyl groups is 1. The summed E-state index contributed by atoms with van der Waals surface area (Å²) in [6.45, 7) is 0. The Morgan fingerprint density at radius 3 is 1.89 bits per heavy atom. The second-order valence-corrected chi connectivity index (χ2v) is 5.67. The summed E-state index contributed by atoms with van der Waals surface area (Å²) in [7, 11) is 0. The molecule has 0 bridgehead atoms. The Labute approximate surface area is 135 Å². The van der Waals surface area contributed by atoms with Gasteiger partial charge in [0, 0.05) is 0 Å². The number of phenols is 1. The predicted octanol–water partition coefficient (Wildman–Crippen LogP) is 2.95. The molecule has 0 saturated heterocycles. The van der Waals surface area contributed by atoms with Crippen LogP contribution in [0.25, 0.3) is 0 Å². The molecule has 0 spiro atoms. The van der Waals surface area contributed by atoms with Gasteiger partial charge in [0.15, 0.2) is 6.10 Å². The van der Waals surface area contributed by atoms with Crippen molar-refractivity contribution >= 4 is 57.6 Å². The first kappa shape index (κ1) is 18.5. The Morgan fingerprint density at radius 2 is 1.56 bits per heavy atom. The molecule has 0 unspecified atom stereocenters. The number of halogens is 6. The van der Waals surface area contributed by atoms with Crippen molar-refractivity contribution in [1.29, 1.82) is 0 Å². The van der Waals surface area contributed by atoms with Gasteiger partial charge in [0.1, 0.15) is 5.75 Å². The minimum Gasteiger partial charge on any atom is -0.506 e. The Bertz CT molecular complexity index is 408. The average Bonchev–Trinajstić information content (AvgIpc) is 2.21. The zero-order valence-corrected chi connectivity index (χ0v) is 13.7. The molecular formula is C9H9ClF3I2NO2. The van der Waals surface area contributed by atoms with Gasteiger partial charge in [-0.2, -0.15) is 13.2 Å². The first-order valence-electron chi connectivity index (χ1n) is 4.33. The number of nitrogens with two attached hydrogens (primary N) is 1. The first-order valence-corrected chi connectivity index (χ1v) is 6.48. The van der Waals surface area contributed by atoms with E-state index in [2.05, 4.69) is 0 Å². The summed E-state index contributed by atoms with van der Waals surface area (Å²) >= 11 is 3.56. The molecule has 18 heavy (non-hydrogen) atoms. The molecule has 1 aromatic carbocycles. The topological polar surface area (TPSA) is 66.5 Å². The molecule has 0 saturated carbocycles. The third-order valence-corrected chi connectivity index (χ3v) is 3.74. The molecule has 0 radical (unpaired) electrons. The summed E-state index contributed by atoms with van der Waals surface area (Å²) in [6, 6.07) is 1.06. The van der Waals surface area contributed by atoms with Crippen molar-refractivity contribution in [1.82, 2.24) is 0 Å². The van der Waals surface area contributed by atoms with Crippen molar-refractivity contribution < 1.29 is 23.4 Å². The van der Waals surface area contributed by atoms with Gasteiger partial charge in [-0.25, -0.2) is 0 Å². The van der Waals surface area contributed by atoms with E-state index in [0.29, 0.717) is 7.14 Å². The lowest BCUT2D eigenvalue weighted by Gasteiger charge is -2.22. The van der Waals surface area contributed by atoms with Crippen LogP contribution in [0.4, 0.5) is 13.2 Å². The second-order valence-electron chi connectivity index (χ2n) is 3.35. The number of aliphatic hydroxyl groups excluding tert-OH is 1. The molecule has 1 rings (SSSR count). The van der Waals surface area contributed by atoms with Crippen LogP contribution in [0.5, 0.6) is 5.75 Å². The Kier molecular flexibility index (Phi) is 6.95. The van der Waals surface area contributed by atoms with Gasteiger partial charge in [0.05, 0.1) is 13.2 Å². The number of rotatable bonds is 2. The van der Waals surface area contributed by atoms with Crippen LogP contribution in [-0.2, 0) is 0 Å². The fraction of sp³-hybridized carbons (Fsp3) is 0.333. The molecule has 0 aliphatic carbocycles. The average molecular weight is 509 g/mol. The number of benzene rings is 1. The highest BCUT2D eigenvalue weighted by Gasteiger charge is 2.42. The van der Waals surface area contributed by atoms with Crippen molar-refractivity contribution in [3.05, 3.63) is 24.8 Å². The molecule has 0 aliphatic heterocycles. The molecular weight excluding hydrogens is 500 g/mol. The highest BCUT2D eigenvalue weighted by atomic mass is 127. The number of hydrogen-bond acceptors (Lipinski definition) is 3. The van der Waals surface area contributed by atoms with E-state index in [0.717, 1.165) is 0 Å². The lowest BCUT2D eigenvalue weighted by Crippen LogP contribution is -2.38. The van der Waals surface area contributed by atoms with Crippen LogP contribution in [0.15, 0.2) is 12.1 Å². The van der Waals surface area contributed by atoms with E-state index in [4.69, 9.17) is 10.8 Å². The quantitative estimate of drug-likeness (QED) is 0.538. The van der Waals surface area contributed by atoms with Gasteiger partial charge in [-0.05, 0) is 62.9 Å². The largest absolute Gasteiger partial charge is 0.506 e. The Hall–Kier alpha value is 0.480. The fourth-order valence-corrected chi connectivity index (χ4v) is 2.98. The monoisotopic (exact) mass is 509 g/mol. The van der Waals surface area contributed by atoms with Gasteiger partial charge < -0.3 is 15.9 Å². The standard InChI is InChI=1S/C9H8F3I2NO2.ClH/c10-9(11,12)8(17)6(15)3-1-4(13)7(16)5(14)2-3;/h1-2,6,8,16-17H,15H2;1H/t6-,8-;/m1./s1. The Morgan fingerprint density at radius 1 is 1.17 bits per heavy atom. The summed E-state index contributed by atoms with van der Waals surface area (Å²) in [4.78, 5) is 0. The van der Waals surface area contributed by atoms with Crippen LogP contribution in [0.1, 0.15) is 11.6 Å². The number of alkyl halides is 3. The summed E-state index contributed by atoms with van der Waals surface area (Å²) in [5, 5.41) is 18.5. The molecule has 0 fully saturated rings. The molecule has 2 atom stereocenters. The zero-order chi connectivity index (χ0) is 13.4. The number of phenolic OH excluding ortho intramolecular Hbond substituents is 1. The lowest BCUT2D eigenvalue weighted by molar-refractivity contribution is -0.210. The van der Waals surface area contributed by atoms with Crippen LogP contribution in [0, 0.1) is 7.14 Å². The summed E-state index contributed by atoms with van der Waals surface area (Å²) in [6.07, 6.45) is -7.40. The van der Waals surface area contributed by atoms with Crippen LogP contribution in [0.3, 0.4) is 0 Å². The van der Waals surface area contributed by atoms with Crippen molar-refractivity contribution in [3.8, 4) is 5.75 Å². The molecule has 4 N–H and O–H groups in total. The van der Waals surface area contributed by atoms with E-state index in [-0.39, 0.29) is 23.7 Å². The molecule has 104 valence electrons. The van der Waals surface area contributed by atoms with Gasteiger partial charge in [0.25, 0.3) is 0 Å². The fourth-order valence-electron chi connectivity index (χ4n) is 1.16. The minimum absolute atomic E-state index is 0. The SMILES string of the molecule is Cl.N[C@H](c1cc(I)c(O)c(I)c1)[C@@H](O)C(F)(F)F. The van der Waals surface area contributed by atoms with E-state index in [1.54, 1.807) is 45.2 Å². The molecule has 0 aliphatic rings. The van der Waals surface area contributed by atoms with Gasteiger partial charge in [-0.1, -0.05) is 0 Å². The van der Waals surface area contributed by atoms with Gasteiger partial charge in [-0.15, -0.1) is 12.4 Å². The predicted molar refractivity (Wildman–Crippen MR) is 79.8 cm³/mol. The molecule has 9 heteroatoms. The minimum atomic E-state index is -4.77. The van der Waals surface area contributed by atoms with E-state index in [1.165, 1.54) is 12.1 Å². The normalized spacial score (nSPS) is 14.8. The van der Waals surface area contributed by atoms with E-state index in [1.807, 2.05) is 0 Å². The molecule has 0 amide bonds. The summed E-state index contributed by atoms with van der Waals surface area (Å²) in [5.41, 5.74) is 5.48. The van der Waals surface area contributed by atoms with Crippen LogP contribution in [0.2, 0.25) is 0 Å². The van der Waals surface area contributed by atoms with E-state index in [9.17, 15) is 18.3 Å². The summed E-state index contributed by atoms with van der Waals surface area (Å²) in [5.74, 6) is -0.0105. The number of aliphatic hydroxyl groups is 1. The van der Waals surface area contributed by atoms with E-state index < -0.39 is 18.3 Å². The lowest BCUT2D eigenvalue weighted by atomic mass is 10.0. The van der Waals surface area contributed by atoms with Gasteiger partial charge >= 0.3 is 6.18 Å². The van der Waals surface area contributed by atoms with Crippen molar-refractivity contribution in [2.45, 2.75) is 18.3 Å². The van der Waals surface area contributed by atoms with Crippen LogP contribution in [-0.4, -0.2) is 22.5 Å². The maximum Gasteiger partial charge on any atom is 0.416 e. The van der Waals surface area contributed by atoms with Crippen LogP contribution >= 0.6 is 57.6 Å². The van der Waals surface area contributed by atoms with Crippen molar-refractivity contribution in [3.63, 3.8) is 0 Å². The van der Waals surface area contributed by atoms with E-state index >= 15 is 0 Å². The van der Waals surface area contributed by atoms with Crippen molar-refractivity contribution in [2.75, 3.05) is 0 Å². The van der Waals surface area contributed by atoms with Crippen LogP contribution < -0.4 is 5.73 Å². The Balaban J connectivity index is 0.00000289. The zero-order valence-electron chi connectivity index (χ0n) is 8.58. The van der Waals surface area contributed by atoms with Crippen molar-refractivity contribution in [2.24, 2.45) is 5.73 Å². The maximum absolute atomic E-state index is 12.3. The molecule has 0 heterocycles. The van der Waals surface area contributed by atoms with Gasteiger partial charge in [-0.3, -0.25) is 0 Å². The number of hydrogen-bond donors (Lipinski definition) is 3. The maximum atomic E-state index is 12.3. The third kappa shape index (κ3) is 4.25. The third-order valence-electron chi connectivity index (χ3n) is 2.10. The molecule has 1 aromatic rings. The molecule has 0 aromatic heterocycles. The highest BCUT2D eigenvalue weighted by molar-refractivity contribution is 14.1. The van der Waals surface area contributed by atoms with Gasteiger partial charge in [0.2, 0.25) is 0 Å².